The molecule has 2 aromatic heterocycles. The van der Waals surface area contributed by atoms with Crippen LogP contribution in [-0.2, 0) is 9.47 Å². The smallest absolute Gasteiger partial charge is 0.190 e. The molecule has 1 aliphatic rings. The van der Waals surface area contributed by atoms with E-state index in [0.29, 0.717) is 10.8 Å². The van der Waals surface area contributed by atoms with Gasteiger partial charge in [0.2, 0.25) is 0 Å². The largest absolute Gasteiger partial charge is 0.394 e. The number of methoxy groups -OCH3 is 1. The molecular formula is C14H20N4O5S2. The highest BCUT2D eigenvalue weighted by atomic mass is 32.2. The number of nitrogens with zero attached hydrogens (tertiary/aromatic N) is 4. The predicted molar refractivity (Wildman–Crippen MR) is 92.7 cm³/mol. The average Bonchev–Trinajstić information content (AvgIpc) is 3.20. The van der Waals surface area contributed by atoms with Gasteiger partial charge in [0.15, 0.2) is 17.0 Å². The number of aromatic nitrogens is 4. The fourth-order valence-electron chi connectivity index (χ4n) is 2.88. The molecule has 3 N–H and O–H groups in total. The number of aliphatic hydroxyl groups excluding tert-OH is 3. The van der Waals surface area contributed by atoms with Gasteiger partial charge in [-0.3, -0.25) is 0 Å². The minimum atomic E-state index is -1.18. The van der Waals surface area contributed by atoms with Crippen LogP contribution in [0.4, 0.5) is 0 Å². The van der Waals surface area contributed by atoms with E-state index in [4.69, 9.17) is 9.47 Å². The first-order valence-electron chi connectivity index (χ1n) is 7.54. The monoisotopic (exact) mass is 388 g/mol. The molecule has 25 heavy (non-hydrogen) atoms. The highest BCUT2D eigenvalue weighted by Gasteiger charge is 2.48. The molecule has 11 heteroatoms. The molecule has 3 heterocycles. The third-order valence-corrected chi connectivity index (χ3v) is 5.35. The van der Waals surface area contributed by atoms with Crippen LogP contribution in [0.3, 0.4) is 0 Å². The lowest BCUT2D eigenvalue weighted by atomic mass is 10.1. The van der Waals surface area contributed by atoms with Gasteiger partial charge in [0.25, 0.3) is 0 Å². The second-order valence-electron chi connectivity index (χ2n) is 5.48. The molecule has 0 unspecified atom stereocenters. The van der Waals surface area contributed by atoms with E-state index in [1.54, 1.807) is 6.20 Å². The molecule has 0 spiro atoms. The maximum absolute atomic E-state index is 10.6. The van der Waals surface area contributed by atoms with Crippen molar-refractivity contribution in [2.75, 3.05) is 26.2 Å². The van der Waals surface area contributed by atoms with Gasteiger partial charge in [-0.05, 0) is 12.5 Å². The summed E-state index contributed by atoms with van der Waals surface area (Å²) in [5.41, 5.74) is 0.529. The summed E-state index contributed by atoms with van der Waals surface area (Å²) < 4.78 is 12.5. The Kier molecular flexibility index (Phi) is 5.83. The second-order valence-corrected chi connectivity index (χ2v) is 7.05. The van der Waals surface area contributed by atoms with E-state index in [2.05, 4.69) is 15.1 Å². The van der Waals surface area contributed by atoms with E-state index in [1.165, 1.54) is 35.3 Å². The molecule has 3 rings (SSSR count). The first kappa shape index (κ1) is 18.8. The standard InChI is InChI=1S/C14H20N4O5S2/c1-22-10-8(21)13(23-9(10)7(20)5-19)18-11-6(4-15-18)12(24-2)17-14(16-11)25-3/h4,7-10,13,19-21H,5H2,1-3H3/t7-,8+,9-,10+,13-/m1/s1. The van der Waals surface area contributed by atoms with E-state index in [1.807, 2.05) is 12.5 Å². The fraction of sp³-hybridized carbons (Fsp3) is 0.643. The van der Waals surface area contributed by atoms with Crippen LogP contribution < -0.4 is 0 Å². The number of fused-ring (bicyclic) bond motifs is 1. The van der Waals surface area contributed by atoms with Crippen molar-refractivity contribution in [3.8, 4) is 0 Å². The summed E-state index contributed by atoms with van der Waals surface area (Å²) in [7, 11) is 1.41. The third-order valence-electron chi connectivity index (χ3n) is 4.10. The van der Waals surface area contributed by atoms with Crippen molar-refractivity contribution >= 4 is 34.6 Å². The minimum absolute atomic E-state index is 0.501. The highest BCUT2D eigenvalue weighted by molar-refractivity contribution is 7.99. The molecule has 0 amide bonds. The van der Waals surface area contributed by atoms with E-state index >= 15 is 0 Å². The van der Waals surface area contributed by atoms with Gasteiger partial charge in [0.1, 0.15) is 29.4 Å². The van der Waals surface area contributed by atoms with Crippen LogP contribution in [0.15, 0.2) is 16.4 Å². The Balaban J connectivity index is 2.04. The van der Waals surface area contributed by atoms with Crippen LogP contribution in [0.1, 0.15) is 6.23 Å². The Hall–Kier alpha value is -0.950. The predicted octanol–water partition coefficient (Wildman–Crippen LogP) is -0.103. The van der Waals surface area contributed by atoms with E-state index in [0.717, 1.165) is 10.4 Å². The Morgan fingerprint density at radius 2 is 2.12 bits per heavy atom. The zero-order valence-electron chi connectivity index (χ0n) is 13.9. The van der Waals surface area contributed by atoms with Crippen molar-refractivity contribution in [2.45, 2.75) is 40.8 Å². The topological polar surface area (TPSA) is 123 Å². The summed E-state index contributed by atoms with van der Waals surface area (Å²) in [5, 5.41) is 36.2. The fourth-order valence-corrected chi connectivity index (χ4v) is 3.84. The van der Waals surface area contributed by atoms with Gasteiger partial charge in [-0.25, -0.2) is 14.6 Å². The van der Waals surface area contributed by atoms with Crippen LogP contribution in [0.25, 0.3) is 11.0 Å². The van der Waals surface area contributed by atoms with E-state index in [-0.39, 0.29) is 0 Å². The van der Waals surface area contributed by atoms with Crippen LogP contribution in [0.5, 0.6) is 0 Å². The molecule has 138 valence electrons. The zero-order chi connectivity index (χ0) is 18.1. The molecule has 1 aliphatic heterocycles. The molecule has 0 aliphatic carbocycles. The maximum atomic E-state index is 10.6. The van der Waals surface area contributed by atoms with Gasteiger partial charge in [0.05, 0.1) is 18.2 Å². The number of hydrogen-bond donors (Lipinski definition) is 3. The van der Waals surface area contributed by atoms with Gasteiger partial charge in [-0.2, -0.15) is 5.10 Å². The molecule has 9 nitrogen and oxygen atoms in total. The second kappa shape index (κ2) is 7.74. The van der Waals surface area contributed by atoms with Gasteiger partial charge in [-0.1, -0.05) is 11.8 Å². The summed E-state index contributed by atoms with van der Waals surface area (Å²) in [6, 6.07) is 0. The van der Waals surface area contributed by atoms with Crippen molar-refractivity contribution in [3.05, 3.63) is 6.20 Å². The lowest BCUT2D eigenvalue weighted by molar-refractivity contribution is -0.103. The molecule has 0 radical (unpaired) electrons. The summed E-state index contributed by atoms with van der Waals surface area (Å²) in [5.74, 6) is 0. The molecule has 5 atom stereocenters. The Morgan fingerprint density at radius 3 is 2.72 bits per heavy atom. The summed E-state index contributed by atoms with van der Waals surface area (Å²) in [6.07, 6.45) is 0.589. The van der Waals surface area contributed by atoms with Crippen LogP contribution in [0, 0.1) is 0 Å². The third kappa shape index (κ3) is 3.25. The van der Waals surface area contributed by atoms with Gasteiger partial charge in [0, 0.05) is 7.11 Å². The van der Waals surface area contributed by atoms with E-state index < -0.39 is 37.3 Å². The molecule has 2 aromatic rings. The number of ether oxygens (including phenoxy) is 2. The quantitative estimate of drug-likeness (QED) is 0.351. The molecular weight excluding hydrogens is 368 g/mol. The lowest BCUT2D eigenvalue weighted by Gasteiger charge is -2.21. The Morgan fingerprint density at radius 1 is 1.36 bits per heavy atom. The van der Waals surface area contributed by atoms with Crippen LogP contribution >= 0.6 is 23.5 Å². The van der Waals surface area contributed by atoms with E-state index in [9.17, 15) is 15.3 Å². The molecule has 1 saturated heterocycles. The lowest BCUT2D eigenvalue weighted by Crippen LogP contribution is -2.41. The van der Waals surface area contributed by atoms with Crippen molar-refractivity contribution < 1.29 is 24.8 Å². The van der Waals surface area contributed by atoms with Crippen LogP contribution in [0.2, 0.25) is 0 Å². The van der Waals surface area contributed by atoms with Gasteiger partial charge < -0.3 is 24.8 Å². The summed E-state index contributed by atoms with van der Waals surface area (Å²) in [6.45, 7) is -0.501. The van der Waals surface area contributed by atoms with Gasteiger partial charge >= 0.3 is 0 Å². The Bertz CT molecular complexity index is 745. The number of hydrogen-bond acceptors (Lipinski definition) is 10. The SMILES string of the molecule is CO[C@H]1[C@H](O)[C@H](n2ncc3c(SC)nc(SC)nc32)O[C@@H]1[C@H](O)CO. The summed E-state index contributed by atoms with van der Waals surface area (Å²) in [4.78, 5) is 8.92. The molecule has 0 aromatic carbocycles. The summed E-state index contributed by atoms with van der Waals surface area (Å²) >= 11 is 2.88. The normalized spacial score (nSPS) is 27.9. The van der Waals surface area contributed by atoms with Crippen molar-refractivity contribution in [2.24, 2.45) is 0 Å². The molecule has 1 fully saturated rings. The maximum Gasteiger partial charge on any atom is 0.190 e. The van der Waals surface area contributed by atoms with Crippen LogP contribution in [-0.4, -0.2) is 85.7 Å². The average molecular weight is 388 g/mol. The first-order chi connectivity index (χ1) is 12.0. The Labute approximate surface area is 152 Å². The zero-order valence-corrected chi connectivity index (χ0v) is 15.6. The highest BCUT2D eigenvalue weighted by Crippen LogP contribution is 2.35. The number of rotatable bonds is 6. The molecule has 0 bridgehead atoms. The first-order valence-corrected chi connectivity index (χ1v) is 9.99. The number of thioether (sulfide) groups is 2. The van der Waals surface area contributed by atoms with Crippen molar-refractivity contribution in [1.29, 1.82) is 0 Å². The van der Waals surface area contributed by atoms with Gasteiger partial charge in [-0.15, -0.1) is 11.8 Å². The minimum Gasteiger partial charge on any atom is -0.394 e. The van der Waals surface area contributed by atoms with Crippen molar-refractivity contribution in [3.63, 3.8) is 0 Å². The molecule has 0 saturated carbocycles. The number of aliphatic hydroxyl groups is 3. The van der Waals surface area contributed by atoms with Crippen molar-refractivity contribution in [1.82, 2.24) is 19.7 Å².